The summed E-state index contributed by atoms with van der Waals surface area (Å²) in [4.78, 5) is 15.1. The molecule has 25 heavy (non-hydrogen) atoms. The number of nitrogens with zero attached hydrogens (tertiary/aromatic N) is 3. The summed E-state index contributed by atoms with van der Waals surface area (Å²) in [5.74, 6) is 2.10. The highest BCUT2D eigenvalue weighted by atomic mass is 32.1. The van der Waals surface area contributed by atoms with Crippen molar-refractivity contribution in [3.05, 3.63) is 52.2 Å². The van der Waals surface area contributed by atoms with E-state index in [0.29, 0.717) is 0 Å². The van der Waals surface area contributed by atoms with E-state index in [1.165, 1.54) is 47.0 Å². The Morgan fingerprint density at radius 1 is 1.00 bits per heavy atom. The van der Waals surface area contributed by atoms with Gasteiger partial charge in [0.15, 0.2) is 0 Å². The minimum atomic E-state index is 0.799. The van der Waals surface area contributed by atoms with Crippen LogP contribution in [0.15, 0.2) is 30.3 Å². The maximum Gasteiger partial charge on any atom is 0.141 e. The fraction of sp³-hybridized carbons (Fsp3) is 0.429. The highest BCUT2D eigenvalue weighted by Crippen LogP contribution is 2.39. The van der Waals surface area contributed by atoms with Crippen LogP contribution in [0.5, 0.6) is 0 Å². The normalized spacial score (nSPS) is 13.8. The molecule has 0 radical (unpaired) electrons. The zero-order valence-corrected chi connectivity index (χ0v) is 15.9. The van der Waals surface area contributed by atoms with Crippen molar-refractivity contribution in [3.8, 4) is 0 Å². The van der Waals surface area contributed by atoms with Crippen LogP contribution in [0.25, 0.3) is 10.2 Å². The van der Waals surface area contributed by atoms with E-state index in [1.807, 2.05) is 11.3 Å². The van der Waals surface area contributed by atoms with E-state index in [9.17, 15) is 0 Å². The van der Waals surface area contributed by atoms with Crippen molar-refractivity contribution < 1.29 is 0 Å². The molecule has 0 saturated carbocycles. The van der Waals surface area contributed by atoms with Crippen LogP contribution in [0.1, 0.15) is 48.5 Å². The summed E-state index contributed by atoms with van der Waals surface area (Å²) in [7, 11) is 0. The summed E-state index contributed by atoms with van der Waals surface area (Å²) in [5, 5.41) is 1.33. The molecule has 2 heterocycles. The third-order valence-electron chi connectivity index (χ3n) is 5.11. The number of hydrogen-bond acceptors (Lipinski definition) is 4. The van der Waals surface area contributed by atoms with Gasteiger partial charge in [0.05, 0.1) is 5.39 Å². The second kappa shape index (κ2) is 7.12. The van der Waals surface area contributed by atoms with Gasteiger partial charge in [0, 0.05) is 24.4 Å². The first-order valence-corrected chi connectivity index (χ1v) is 10.2. The minimum absolute atomic E-state index is 0.799. The van der Waals surface area contributed by atoms with Crippen LogP contribution in [0, 0.1) is 0 Å². The Labute approximate surface area is 153 Å². The van der Waals surface area contributed by atoms with Crippen LogP contribution in [-0.2, 0) is 19.3 Å². The summed E-state index contributed by atoms with van der Waals surface area (Å²) >= 11 is 1.90. The Kier molecular flexibility index (Phi) is 4.71. The molecule has 3 nitrogen and oxygen atoms in total. The summed E-state index contributed by atoms with van der Waals surface area (Å²) in [6.45, 7) is 6.40. The number of anilines is 1. The molecule has 4 rings (SSSR count). The van der Waals surface area contributed by atoms with Crippen LogP contribution in [0.2, 0.25) is 0 Å². The SMILES string of the molecule is CCN(CC)c1nc(Cc2ccccc2)nc2sc3c(c12)CCCC3. The largest absolute Gasteiger partial charge is 0.357 e. The van der Waals surface area contributed by atoms with Gasteiger partial charge in [-0.2, -0.15) is 0 Å². The molecule has 0 N–H and O–H groups in total. The molecule has 0 amide bonds. The number of aryl methyl sites for hydroxylation is 2. The lowest BCUT2D eigenvalue weighted by molar-refractivity contribution is 0.699. The van der Waals surface area contributed by atoms with E-state index in [-0.39, 0.29) is 0 Å². The smallest absolute Gasteiger partial charge is 0.141 e. The molecular weight excluding hydrogens is 326 g/mol. The Bertz CT molecular complexity index is 866. The molecule has 0 spiro atoms. The molecule has 130 valence electrons. The first-order chi connectivity index (χ1) is 12.3. The van der Waals surface area contributed by atoms with Crippen LogP contribution in [0.4, 0.5) is 5.82 Å². The zero-order valence-electron chi connectivity index (χ0n) is 15.1. The molecule has 0 atom stereocenters. The zero-order chi connectivity index (χ0) is 17.2. The quantitative estimate of drug-likeness (QED) is 0.647. The number of benzene rings is 1. The van der Waals surface area contributed by atoms with Gasteiger partial charge in [0.1, 0.15) is 16.5 Å². The van der Waals surface area contributed by atoms with Crippen molar-refractivity contribution in [2.45, 2.75) is 46.0 Å². The molecule has 4 heteroatoms. The third-order valence-corrected chi connectivity index (χ3v) is 6.30. The van der Waals surface area contributed by atoms with Gasteiger partial charge >= 0.3 is 0 Å². The maximum absolute atomic E-state index is 5.04. The van der Waals surface area contributed by atoms with Crippen molar-refractivity contribution in [2.24, 2.45) is 0 Å². The van der Waals surface area contributed by atoms with E-state index in [0.717, 1.165) is 31.2 Å². The Morgan fingerprint density at radius 2 is 1.76 bits per heavy atom. The summed E-state index contributed by atoms with van der Waals surface area (Å²) in [6.07, 6.45) is 5.80. The van der Waals surface area contributed by atoms with Crippen LogP contribution in [0.3, 0.4) is 0 Å². The average molecular weight is 352 g/mol. The molecule has 0 fully saturated rings. The van der Waals surface area contributed by atoms with E-state index < -0.39 is 0 Å². The van der Waals surface area contributed by atoms with Crippen molar-refractivity contribution in [3.63, 3.8) is 0 Å². The molecule has 2 aromatic heterocycles. The van der Waals surface area contributed by atoms with Crippen LogP contribution < -0.4 is 4.90 Å². The maximum atomic E-state index is 5.04. The van der Waals surface area contributed by atoms with Crippen molar-refractivity contribution in [2.75, 3.05) is 18.0 Å². The standard InChI is InChI=1S/C21H25N3S/c1-3-24(4-2)20-19-16-12-8-9-13-17(16)25-21(19)23-18(22-20)14-15-10-6-5-7-11-15/h5-7,10-11H,3-4,8-9,12-14H2,1-2H3. The van der Waals surface area contributed by atoms with E-state index >= 15 is 0 Å². The lowest BCUT2D eigenvalue weighted by Crippen LogP contribution is -2.24. The van der Waals surface area contributed by atoms with Gasteiger partial charge in [-0.25, -0.2) is 9.97 Å². The summed E-state index contributed by atoms with van der Waals surface area (Å²) < 4.78 is 0. The molecule has 0 bridgehead atoms. The monoisotopic (exact) mass is 351 g/mol. The molecule has 1 aromatic carbocycles. The minimum Gasteiger partial charge on any atom is -0.357 e. The Morgan fingerprint density at radius 3 is 2.52 bits per heavy atom. The van der Waals surface area contributed by atoms with Gasteiger partial charge < -0.3 is 4.90 Å². The van der Waals surface area contributed by atoms with E-state index in [4.69, 9.17) is 9.97 Å². The first kappa shape index (κ1) is 16.5. The first-order valence-electron chi connectivity index (χ1n) is 9.40. The molecular formula is C21H25N3S. The van der Waals surface area contributed by atoms with Gasteiger partial charge in [-0.05, 0) is 50.7 Å². The van der Waals surface area contributed by atoms with Crippen LogP contribution >= 0.6 is 11.3 Å². The van der Waals surface area contributed by atoms with Gasteiger partial charge in [0.2, 0.25) is 0 Å². The van der Waals surface area contributed by atoms with Crippen LogP contribution in [-0.4, -0.2) is 23.1 Å². The molecule has 1 aliphatic carbocycles. The van der Waals surface area contributed by atoms with Crippen molar-refractivity contribution in [1.29, 1.82) is 0 Å². The molecule has 3 aromatic rings. The third kappa shape index (κ3) is 3.15. The second-order valence-corrected chi connectivity index (χ2v) is 7.77. The number of fused-ring (bicyclic) bond motifs is 3. The Balaban J connectivity index is 1.85. The summed E-state index contributed by atoms with van der Waals surface area (Å²) in [6, 6.07) is 10.5. The van der Waals surface area contributed by atoms with E-state index in [1.54, 1.807) is 4.88 Å². The summed E-state index contributed by atoms with van der Waals surface area (Å²) in [5.41, 5.74) is 2.80. The molecule has 0 aliphatic heterocycles. The molecule has 1 aliphatic rings. The predicted molar refractivity (Wildman–Crippen MR) is 107 cm³/mol. The molecule has 0 unspecified atom stereocenters. The van der Waals surface area contributed by atoms with Gasteiger partial charge in [-0.15, -0.1) is 11.3 Å². The predicted octanol–water partition coefficient (Wildman–Crippen LogP) is 5.01. The lowest BCUT2D eigenvalue weighted by Gasteiger charge is -2.22. The second-order valence-electron chi connectivity index (χ2n) is 6.69. The molecule has 0 saturated heterocycles. The van der Waals surface area contributed by atoms with E-state index in [2.05, 4.69) is 49.1 Å². The van der Waals surface area contributed by atoms with Gasteiger partial charge in [-0.3, -0.25) is 0 Å². The number of thiophene rings is 1. The number of rotatable bonds is 5. The Hall–Kier alpha value is -1.94. The highest BCUT2D eigenvalue weighted by molar-refractivity contribution is 7.19. The fourth-order valence-electron chi connectivity index (χ4n) is 3.79. The fourth-order valence-corrected chi connectivity index (χ4v) is 5.07. The van der Waals surface area contributed by atoms with Crippen molar-refractivity contribution in [1.82, 2.24) is 9.97 Å². The van der Waals surface area contributed by atoms with Gasteiger partial charge in [0.25, 0.3) is 0 Å². The number of hydrogen-bond donors (Lipinski definition) is 0. The average Bonchev–Trinajstić information content (AvgIpc) is 3.02. The lowest BCUT2D eigenvalue weighted by atomic mass is 9.97. The van der Waals surface area contributed by atoms with Gasteiger partial charge in [-0.1, -0.05) is 30.3 Å². The van der Waals surface area contributed by atoms with Crippen molar-refractivity contribution >= 4 is 27.4 Å². The topological polar surface area (TPSA) is 29.0 Å². The number of aromatic nitrogens is 2. The highest BCUT2D eigenvalue weighted by Gasteiger charge is 2.23.